The Morgan fingerprint density at radius 1 is 1.37 bits per heavy atom. The second-order valence-electron chi connectivity index (χ2n) is 3.78. The summed E-state index contributed by atoms with van der Waals surface area (Å²) in [6, 6.07) is 8.40. The molecule has 0 fully saturated rings. The average Bonchev–Trinajstić information content (AvgIpc) is 2.41. The van der Waals surface area contributed by atoms with Gasteiger partial charge in [-0.25, -0.2) is 4.98 Å². The van der Waals surface area contributed by atoms with Crippen LogP contribution >= 0.6 is 15.9 Å². The van der Waals surface area contributed by atoms with Gasteiger partial charge in [-0.15, -0.1) is 0 Å². The molecule has 0 unspecified atom stereocenters. The zero-order valence-electron chi connectivity index (χ0n) is 10.2. The lowest BCUT2D eigenvalue weighted by molar-refractivity contribution is 0.102. The Morgan fingerprint density at radius 2 is 2.16 bits per heavy atom. The minimum Gasteiger partial charge on any atom is -0.496 e. The number of methoxy groups -OCH3 is 1. The quantitative estimate of drug-likeness (QED) is 0.911. The first-order chi connectivity index (χ1) is 9.10. The van der Waals surface area contributed by atoms with E-state index in [0.29, 0.717) is 27.3 Å². The Hall–Kier alpha value is -2.08. The Labute approximate surface area is 118 Å². The fraction of sp³-hybridized carbons (Fsp3) is 0.0769. The number of amides is 1. The van der Waals surface area contributed by atoms with Gasteiger partial charge in [0.15, 0.2) is 0 Å². The Bertz CT molecular complexity index is 599. The number of aromatic nitrogens is 1. The molecule has 0 spiro atoms. The number of pyridine rings is 1. The van der Waals surface area contributed by atoms with Gasteiger partial charge in [0.25, 0.3) is 5.91 Å². The lowest BCUT2D eigenvalue weighted by atomic mass is 10.2. The van der Waals surface area contributed by atoms with Crippen molar-refractivity contribution >= 4 is 33.3 Å². The van der Waals surface area contributed by atoms with Gasteiger partial charge in [-0.2, -0.15) is 0 Å². The molecular formula is C13H12BrN3O2. The number of nitrogens with zero attached hydrogens (tertiary/aromatic N) is 1. The number of benzene rings is 1. The van der Waals surface area contributed by atoms with Crippen LogP contribution in [0, 0.1) is 0 Å². The van der Waals surface area contributed by atoms with E-state index >= 15 is 0 Å². The zero-order chi connectivity index (χ0) is 13.8. The molecule has 1 aromatic carbocycles. The first kappa shape index (κ1) is 13.4. The monoisotopic (exact) mass is 321 g/mol. The highest BCUT2D eigenvalue weighted by Gasteiger charge is 2.09. The number of rotatable bonds is 3. The maximum Gasteiger partial charge on any atom is 0.256 e. The van der Waals surface area contributed by atoms with Crippen molar-refractivity contribution in [2.45, 2.75) is 0 Å². The zero-order valence-corrected chi connectivity index (χ0v) is 11.8. The number of hydrogen-bond donors (Lipinski definition) is 2. The molecule has 6 heteroatoms. The van der Waals surface area contributed by atoms with Crippen LogP contribution in [-0.2, 0) is 0 Å². The third-order valence-electron chi connectivity index (χ3n) is 2.44. The fourth-order valence-electron chi connectivity index (χ4n) is 1.48. The summed E-state index contributed by atoms with van der Waals surface area (Å²) in [5.41, 5.74) is 6.58. The number of halogens is 1. The van der Waals surface area contributed by atoms with E-state index in [4.69, 9.17) is 10.5 Å². The van der Waals surface area contributed by atoms with Crippen molar-refractivity contribution in [3.8, 4) is 5.75 Å². The average molecular weight is 322 g/mol. The third-order valence-corrected chi connectivity index (χ3v) is 3.06. The Kier molecular flexibility index (Phi) is 4.01. The summed E-state index contributed by atoms with van der Waals surface area (Å²) in [6.45, 7) is 0. The van der Waals surface area contributed by atoms with Crippen molar-refractivity contribution in [3.63, 3.8) is 0 Å². The molecule has 0 saturated carbocycles. The highest BCUT2D eigenvalue weighted by Crippen LogP contribution is 2.25. The highest BCUT2D eigenvalue weighted by molar-refractivity contribution is 9.10. The van der Waals surface area contributed by atoms with Crippen LogP contribution in [-0.4, -0.2) is 18.0 Å². The molecule has 2 rings (SSSR count). The summed E-state index contributed by atoms with van der Waals surface area (Å²) < 4.78 is 5.82. The SMILES string of the molecule is COc1ccc(C(=O)Nc2ccc(N)cn2)cc1Br. The maximum atomic E-state index is 12.0. The van der Waals surface area contributed by atoms with E-state index in [1.54, 1.807) is 37.4 Å². The number of carbonyl (C=O) groups is 1. The predicted molar refractivity (Wildman–Crippen MR) is 77.3 cm³/mol. The Balaban J connectivity index is 2.16. The van der Waals surface area contributed by atoms with E-state index in [1.807, 2.05) is 0 Å². The maximum absolute atomic E-state index is 12.0. The van der Waals surface area contributed by atoms with Crippen molar-refractivity contribution in [1.29, 1.82) is 0 Å². The molecule has 0 bridgehead atoms. The van der Waals surface area contributed by atoms with Gasteiger partial charge >= 0.3 is 0 Å². The van der Waals surface area contributed by atoms with E-state index in [1.165, 1.54) is 6.20 Å². The van der Waals surface area contributed by atoms with E-state index in [0.717, 1.165) is 0 Å². The summed E-state index contributed by atoms with van der Waals surface area (Å²) >= 11 is 3.33. The number of ether oxygens (including phenoxy) is 1. The van der Waals surface area contributed by atoms with Crippen LogP contribution in [0.2, 0.25) is 0 Å². The summed E-state index contributed by atoms with van der Waals surface area (Å²) in [5.74, 6) is 0.869. The number of anilines is 2. The van der Waals surface area contributed by atoms with E-state index in [2.05, 4.69) is 26.2 Å². The van der Waals surface area contributed by atoms with Crippen LogP contribution in [0.25, 0.3) is 0 Å². The number of hydrogen-bond acceptors (Lipinski definition) is 4. The molecule has 0 aliphatic carbocycles. The molecule has 0 aliphatic heterocycles. The van der Waals surface area contributed by atoms with Crippen LogP contribution in [0.15, 0.2) is 41.0 Å². The van der Waals surface area contributed by atoms with Crippen molar-refractivity contribution < 1.29 is 9.53 Å². The van der Waals surface area contributed by atoms with Gasteiger partial charge < -0.3 is 15.8 Å². The van der Waals surface area contributed by atoms with Gasteiger partial charge in [0, 0.05) is 5.56 Å². The standard InChI is InChI=1S/C13H12BrN3O2/c1-19-11-4-2-8(6-10(11)14)13(18)17-12-5-3-9(15)7-16-12/h2-7H,15H2,1H3,(H,16,17,18). The third kappa shape index (κ3) is 3.23. The van der Waals surface area contributed by atoms with Crippen molar-refractivity contribution in [1.82, 2.24) is 4.98 Å². The van der Waals surface area contributed by atoms with Crippen LogP contribution in [0.1, 0.15) is 10.4 Å². The first-order valence-electron chi connectivity index (χ1n) is 5.46. The van der Waals surface area contributed by atoms with E-state index in [9.17, 15) is 4.79 Å². The lowest BCUT2D eigenvalue weighted by Gasteiger charge is -2.07. The number of nitrogen functional groups attached to an aromatic ring is 1. The number of nitrogens with one attached hydrogen (secondary N) is 1. The Morgan fingerprint density at radius 3 is 2.74 bits per heavy atom. The smallest absolute Gasteiger partial charge is 0.256 e. The second kappa shape index (κ2) is 5.71. The number of carbonyl (C=O) groups excluding carboxylic acids is 1. The summed E-state index contributed by atoms with van der Waals surface area (Å²) in [4.78, 5) is 16.0. The molecule has 0 radical (unpaired) electrons. The topological polar surface area (TPSA) is 77.2 Å². The molecule has 1 heterocycles. The molecule has 3 N–H and O–H groups in total. The van der Waals surface area contributed by atoms with Crippen molar-refractivity contribution in [2.24, 2.45) is 0 Å². The molecule has 1 amide bonds. The summed E-state index contributed by atoms with van der Waals surface area (Å²) in [6.07, 6.45) is 1.49. The second-order valence-corrected chi connectivity index (χ2v) is 4.63. The first-order valence-corrected chi connectivity index (χ1v) is 6.26. The van der Waals surface area contributed by atoms with Crippen LogP contribution in [0.5, 0.6) is 5.75 Å². The molecule has 0 saturated heterocycles. The molecule has 0 aliphatic rings. The highest BCUT2D eigenvalue weighted by atomic mass is 79.9. The van der Waals surface area contributed by atoms with Crippen LogP contribution in [0.4, 0.5) is 11.5 Å². The van der Waals surface area contributed by atoms with Crippen LogP contribution < -0.4 is 15.8 Å². The predicted octanol–water partition coefficient (Wildman–Crippen LogP) is 2.69. The summed E-state index contributed by atoms with van der Waals surface area (Å²) in [7, 11) is 1.57. The fourth-order valence-corrected chi connectivity index (χ4v) is 2.02. The minimum absolute atomic E-state index is 0.249. The van der Waals surface area contributed by atoms with Gasteiger partial charge in [-0.1, -0.05) is 0 Å². The summed E-state index contributed by atoms with van der Waals surface area (Å²) in [5, 5.41) is 2.68. The van der Waals surface area contributed by atoms with Gasteiger partial charge in [0.05, 0.1) is 23.5 Å². The van der Waals surface area contributed by atoms with E-state index < -0.39 is 0 Å². The van der Waals surface area contributed by atoms with Crippen molar-refractivity contribution in [2.75, 3.05) is 18.2 Å². The number of nitrogens with two attached hydrogens (primary N) is 1. The van der Waals surface area contributed by atoms with Gasteiger partial charge in [-0.3, -0.25) is 4.79 Å². The van der Waals surface area contributed by atoms with Crippen molar-refractivity contribution in [3.05, 3.63) is 46.6 Å². The van der Waals surface area contributed by atoms with Gasteiger partial charge in [0.1, 0.15) is 11.6 Å². The minimum atomic E-state index is -0.249. The molecule has 2 aromatic rings. The normalized spacial score (nSPS) is 10.0. The molecule has 5 nitrogen and oxygen atoms in total. The largest absolute Gasteiger partial charge is 0.496 e. The molecular weight excluding hydrogens is 310 g/mol. The molecule has 0 atom stereocenters. The molecule has 98 valence electrons. The molecule has 1 aromatic heterocycles. The van der Waals surface area contributed by atoms with Gasteiger partial charge in [0.2, 0.25) is 0 Å². The van der Waals surface area contributed by atoms with Crippen LogP contribution in [0.3, 0.4) is 0 Å². The van der Waals surface area contributed by atoms with Gasteiger partial charge in [-0.05, 0) is 46.3 Å². The lowest BCUT2D eigenvalue weighted by Crippen LogP contribution is -2.13. The van der Waals surface area contributed by atoms with E-state index in [-0.39, 0.29) is 5.91 Å². The molecule has 19 heavy (non-hydrogen) atoms.